The number of anilines is 3. The summed E-state index contributed by atoms with van der Waals surface area (Å²) in [7, 11) is 0. The van der Waals surface area contributed by atoms with Crippen molar-refractivity contribution in [3.8, 4) is 11.5 Å². The number of alkyl halides is 6. The molecule has 33 heavy (non-hydrogen) atoms. The zero-order valence-corrected chi connectivity index (χ0v) is 17.1. The minimum absolute atomic E-state index is 0.0770. The quantitative estimate of drug-likeness (QED) is 0.436. The monoisotopic (exact) mass is 468 g/mol. The Kier molecular flexibility index (Phi) is 6.09. The fourth-order valence-electron chi connectivity index (χ4n) is 3.37. The van der Waals surface area contributed by atoms with Crippen molar-refractivity contribution in [1.29, 1.82) is 0 Å². The Morgan fingerprint density at radius 1 is 0.758 bits per heavy atom. The van der Waals surface area contributed by atoms with Gasteiger partial charge in [0.15, 0.2) is 5.82 Å². The molecule has 1 aromatic carbocycles. The second-order valence-corrected chi connectivity index (χ2v) is 7.49. The molecule has 0 aliphatic carbocycles. The number of halogens is 6. The summed E-state index contributed by atoms with van der Waals surface area (Å²) in [5.74, 6) is -0.192. The van der Waals surface area contributed by atoms with Crippen LogP contribution in [0.1, 0.15) is 36.1 Å². The van der Waals surface area contributed by atoms with Gasteiger partial charge in [0.25, 0.3) is 0 Å². The Hall–Kier alpha value is -3.44. The molecule has 4 bridgehead atoms. The molecule has 4 rings (SSSR count). The van der Waals surface area contributed by atoms with Gasteiger partial charge in [0.1, 0.15) is 11.4 Å². The molecule has 3 aromatic rings. The molecule has 0 fully saturated rings. The predicted molar refractivity (Wildman–Crippen MR) is 109 cm³/mol. The van der Waals surface area contributed by atoms with E-state index in [4.69, 9.17) is 0 Å². The lowest BCUT2D eigenvalue weighted by Crippen LogP contribution is -2.11. The van der Waals surface area contributed by atoms with Gasteiger partial charge in [-0.05, 0) is 55.2 Å². The van der Waals surface area contributed by atoms with Gasteiger partial charge in [-0.3, -0.25) is 0 Å². The van der Waals surface area contributed by atoms with Crippen LogP contribution in [-0.2, 0) is 18.8 Å². The molecule has 1 aliphatic rings. The number of nitrogens with zero attached hydrogens (tertiary/aromatic N) is 4. The minimum atomic E-state index is -4.66. The number of fused-ring (bicyclic) bond motifs is 4. The van der Waals surface area contributed by atoms with Crippen molar-refractivity contribution in [3.63, 3.8) is 0 Å². The number of nitrogens with one attached hydrogen (secondary N) is 2. The number of benzene rings is 1. The van der Waals surface area contributed by atoms with E-state index in [0.717, 1.165) is 24.6 Å². The normalized spacial score (nSPS) is 14.8. The van der Waals surface area contributed by atoms with Gasteiger partial charge in [-0.25, -0.2) is 4.98 Å². The first-order valence-corrected chi connectivity index (χ1v) is 10.1. The Balaban J connectivity index is 1.78. The van der Waals surface area contributed by atoms with Crippen LogP contribution in [0.15, 0.2) is 36.4 Å². The summed E-state index contributed by atoms with van der Waals surface area (Å²) in [5, 5.41) is 5.73. The first-order valence-electron chi connectivity index (χ1n) is 10.1. The van der Waals surface area contributed by atoms with Crippen LogP contribution in [0, 0.1) is 0 Å². The first-order chi connectivity index (χ1) is 15.6. The molecule has 174 valence electrons. The lowest BCUT2D eigenvalue weighted by molar-refractivity contribution is -0.141. The fourth-order valence-corrected chi connectivity index (χ4v) is 3.37. The van der Waals surface area contributed by atoms with E-state index in [0.29, 0.717) is 31.4 Å². The van der Waals surface area contributed by atoms with Gasteiger partial charge in [0, 0.05) is 12.2 Å². The molecule has 0 amide bonds. The van der Waals surface area contributed by atoms with E-state index in [1.54, 1.807) is 6.07 Å². The number of hydrogen-bond donors (Lipinski definition) is 2. The molecular weight excluding hydrogens is 450 g/mol. The minimum Gasteiger partial charge on any atom is -0.354 e. The SMILES string of the molecule is FC(F)(F)c1cc2cc(c1)Nc1nc(nc(-c3cccc(C(F)(F)F)n3)n1)NCCCCC2. The maximum absolute atomic E-state index is 13.4. The topological polar surface area (TPSA) is 75.6 Å². The van der Waals surface area contributed by atoms with Gasteiger partial charge in [-0.15, -0.1) is 0 Å². The smallest absolute Gasteiger partial charge is 0.354 e. The van der Waals surface area contributed by atoms with Crippen LogP contribution in [0.25, 0.3) is 11.5 Å². The van der Waals surface area contributed by atoms with E-state index in [9.17, 15) is 26.3 Å². The van der Waals surface area contributed by atoms with Gasteiger partial charge in [0.2, 0.25) is 11.9 Å². The molecule has 0 radical (unpaired) electrons. The van der Waals surface area contributed by atoms with E-state index in [-0.39, 0.29) is 29.1 Å². The van der Waals surface area contributed by atoms with Crippen molar-refractivity contribution in [1.82, 2.24) is 19.9 Å². The highest BCUT2D eigenvalue weighted by molar-refractivity contribution is 5.60. The lowest BCUT2D eigenvalue weighted by Gasteiger charge is -2.14. The molecule has 12 heteroatoms. The van der Waals surface area contributed by atoms with E-state index >= 15 is 0 Å². The molecular formula is C21H18F6N6. The molecule has 0 saturated heterocycles. The van der Waals surface area contributed by atoms with Gasteiger partial charge in [0.05, 0.1) is 5.56 Å². The zero-order valence-electron chi connectivity index (χ0n) is 17.1. The van der Waals surface area contributed by atoms with Crippen LogP contribution in [0.5, 0.6) is 0 Å². The highest BCUT2D eigenvalue weighted by atomic mass is 19.4. The second kappa shape index (κ2) is 8.83. The summed E-state index contributed by atoms with van der Waals surface area (Å²) >= 11 is 0. The van der Waals surface area contributed by atoms with Crippen LogP contribution in [-0.4, -0.2) is 26.5 Å². The third-order valence-corrected chi connectivity index (χ3v) is 4.91. The van der Waals surface area contributed by atoms with Crippen molar-refractivity contribution in [2.24, 2.45) is 0 Å². The highest BCUT2D eigenvalue weighted by Crippen LogP contribution is 2.33. The van der Waals surface area contributed by atoms with E-state index in [2.05, 4.69) is 30.6 Å². The van der Waals surface area contributed by atoms with E-state index in [1.165, 1.54) is 12.1 Å². The standard InChI is InChI=1S/C21H18F6N6/c22-20(23,24)13-9-12-5-2-1-3-8-28-18-31-17(32-19(33-18)29-14(10-12)11-13)15-6-4-7-16(30-15)21(25,26)27/h4,6-7,9-11H,1-3,5,8H2,(H2,28,29,31,32,33). The number of pyridine rings is 1. The van der Waals surface area contributed by atoms with Gasteiger partial charge in [-0.1, -0.05) is 12.5 Å². The molecule has 1 aliphatic heterocycles. The van der Waals surface area contributed by atoms with Crippen molar-refractivity contribution in [2.45, 2.75) is 38.0 Å². The number of rotatable bonds is 1. The molecule has 2 aromatic heterocycles. The van der Waals surface area contributed by atoms with Crippen LogP contribution >= 0.6 is 0 Å². The Morgan fingerprint density at radius 2 is 1.55 bits per heavy atom. The second-order valence-electron chi connectivity index (χ2n) is 7.49. The van der Waals surface area contributed by atoms with Crippen LogP contribution in [0.2, 0.25) is 0 Å². The summed E-state index contributed by atoms with van der Waals surface area (Å²) in [4.78, 5) is 16.0. The molecule has 3 heterocycles. The highest BCUT2D eigenvalue weighted by Gasteiger charge is 2.33. The summed E-state index contributed by atoms with van der Waals surface area (Å²) in [5.41, 5.74) is -1.46. The average molecular weight is 468 g/mol. The Labute approximate surface area is 184 Å². The largest absolute Gasteiger partial charge is 0.433 e. The fraction of sp³-hybridized carbons (Fsp3) is 0.333. The Bertz CT molecular complexity index is 1140. The molecule has 0 spiro atoms. The van der Waals surface area contributed by atoms with Crippen molar-refractivity contribution in [3.05, 3.63) is 53.2 Å². The van der Waals surface area contributed by atoms with Crippen molar-refractivity contribution >= 4 is 17.6 Å². The molecule has 0 unspecified atom stereocenters. The first kappa shape index (κ1) is 22.7. The predicted octanol–water partition coefficient (Wildman–Crippen LogP) is 5.85. The summed E-state index contributed by atoms with van der Waals surface area (Å²) in [6, 6.07) is 6.93. The summed E-state index contributed by atoms with van der Waals surface area (Å²) < 4.78 is 79.4. The van der Waals surface area contributed by atoms with Crippen LogP contribution in [0.3, 0.4) is 0 Å². The maximum atomic E-state index is 13.4. The number of hydrogen-bond acceptors (Lipinski definition) is 6. The van der Waals surface area contributed by atoms with Crippen molar-refractivity contribution < 1.29 is 26.3 Å². The van der Waals surface area contributed by atoms with E-state index < -0.39 is 23.6 Å². The molecule has 0 saturated carbocycles. The molecule has 2 N–H and O–H groups in total. The molecule has 0 atom stereocenters. The Morgan fingerprint density at radius 3 is 2.30 bits per heavy atom. The zero-order chi connectivity index (χ0) is 23.6. The van der Waals surface area contributed by atoms with Crippen molar-refractivity contribution in [2.75, 3.05) is 17.2 Å². The summed E-state index contributed by atoms with van der Waals surface area (Å²) in [6.07, 6.45) is -6.58. The van der Waals surface area contributed by atoms with Gasteiger partial charge >= 0.3 is 12.4 Å². The lowest BCUT2D eigenvalue weighted by atomic mass is 10.0. The third-order valence-electron chi connectivity index (χ3n) is 4.91. The van der Waals surface area contributed by atoms with Crippen LogP contribution < -0.4 is 10.6 Å². The van der Waals surface area contributed by atoms with Gasteiger partial charge in [-0.2, -0.15) is 41.3 Å². The number of aryl methyl sites for hydroxylation is 1. The number of aromatic nitrogens is 4. The summed E-state index contributed by atoms with van der Waals surface area (Å²) in [6.45, 7) is 0.476. The average Bonchev–Trinajstić information content (AvgIpc) is 2.75. The third kappa shape index (κ3) is 5.68. The maximum Gasteiger partial charge on any atom is 0.433 e. The van der Waals surface area contributed by atoms with E-state index in [1.807, 2.05) is 0 Å². The van der Waals surface area contributed by atoms with Crippen LogP contribution in [0.4, 0.5) is 43.9 Å². The molecule has 6 nitrogen and oxygen atoms in total. The van der Waals surface area contributed by atoms with Gasteiger partial charge < -0.3 is 10.6 Å².